The van der Waals surface area contributed by atoms with Crippen molar-refractivity contribution in [3.63, 3.8) is 0 Å². The Labute approximate surface area is 191 Å². The number of rotatable bonds is 4. The Morgan fingerprint density at radius 1 is 1.09 bits per heavy atom. The first-order chi connectivity index (χ1) is 15.3. The summed E-state index contributed by atoms with van der Waals surface area (Å²) in [5.74, 6) is 0.753. The van der Waals surface area contributed by atoms with Crippen molar-refractivity contribution in [3.05, 3.63) is 0 Å². The smallest absolute Gasteiger partial charge is 0.148 e. The normalized spacial score (nSPS) is 64.1. The molecule has 1 N–H and O–H groups in total. The molecule has 0 aromatic carbocycles. The van der Waals surface area contributed by atoms with E-state index in [2.05, 4.69) is 18.7 Å². The minimum Gasteiger partial charge on any atom is -0.388 e. The zero-order valence-electron chi connectivity index (χ0n) is 20.1. The lowest BCUT2D eigenvalue weighted by Gasteiger charge is -2.72. The van der Waals surface area contributed by atoms with E-state index in [1.165, 1.54) is 0 Å². The Morgan fingerprint density at radius 3 is 2.56 bits per heavy atom. The zero-order valence-corrected chi connectivity index (χ0v) is 20.1. The van der Waals surface area contributed by atoms with Gasteiger partial charge in [-0.15, -0.1) is 0 Å². The molecule has 7 nitrogen and oxygen atoms in total. The fourth-order valence-electron chi connectivity index (χ4n) is 11.3. The molecule has 2 aliphatic heterocycles. The lowest BCUT2D eigenvalue weighted by atomic mass is 9.41. The van der Waals surface area contributed by atoms with Crippen LogP contribution in [-0.4, -0.2) is 92.4 Å². The summed E-state index contributed by atoms with van der Waals surface area (Å²) in [6.07, 6.45) is 4.56. The third-order valence-electron chi connectivity index (χ3n) is 12.0. The molecule has 7 rings (SSSR count). The van der Waals surface area contributed by atoms with Crippen LogP contribution in [0.4, 0.5) is 0 Å². The summed E-state index contributed by atoms with van der Waals surface area (Å²) in [5.41, 5.74) is -2.49. The van der Waals surface area contributed by atoms with Crippen LogP contribution in [0.1, 0.15) is 46.0 Å². The van der Waals surface area contributed by atoms with Gasteiger partial charge in [-0.05, 0) is 31.7 Å². The largest absolute Gasteiger partial charge is 0.388 e. The number of likely N-dealkylation sites (tertiary alicyclic amines) is 1. The first-order valence-corrected chi connectivity index (χ1v) is 12.7. The van der Waals surface area contributed by atoms with Crippen LogP contribution in [0.3, 0.4) is 0 Å². The number of methoxy groups -OCH3 is 3. The predicted molar refractivity (Wildman–Crippen MR) is 115 cm³/mol. The highest BCUT2D eigenvalue weighted by Crippen LogP contribution is 2.83. The molecule has 3 spiro atoms. The zero-order chi connectivity index (χ0) is 22.3. The third kappa shape index (κ3) is 1.74. The van der Waals surface area contributed by atoms with Crippen molar-refractivity contribution < 1.29 is 28.8 Å². The van der Waals surface area contributed by atoms with Crippen LogP contribution in [0.15, 0.2) is 0 Å². The third-order valence-corrected chi connectivity index (χ3v) is 12.0. The molecule has 0 aromatic rings. The molecule has 0 aromatic heterocycles. The van der Waals surface area contributed by atoms with Gasteiger partial charge in [0.2, 0.25) is 0 Å². The molecule has 0 radical (unpaired) electrons. The lowest BCUT2D eigenvalue weighted by molar-refractivity contribution is -0.320. The number of hydrogen-bond acceptors (Lipinski definition) is 7. The monoisotopic (exact) mass is 449 g/mol. The average molecular weight is 450 g/mol. The van der Waals surface area contributed by atoms with Crippen molar-refractivity contribution in [2.45, 2.75) is 87.1 Å². The van der Waals surface area contributed by atoms with Crippen molar-refractivity contribution in [2.24, 2.45) is 28.6 Å². The minimum absolute atomic E-state index is 0.00403. The second-order valence-corrected chi connectivity index (χ2v) is 12.2. The Kier molecular flexibility index (Phi) is 4.01. The van der Waals surface area contributed by atoms with Gasteiger partial charge in [-0.1, -0.05) is 13.8 Å². The van der Waals surface area contributed by atoms with Gasteiger partial charge < -0.3 is 28.8 Å². The Bertz CT molecular complexity index is 841. The van der Waals surface area contributed by atoms with E-state index in [0.29, 0.717) is 12.3 Å². The van der Waals surface area contributed by atoms with E-state index in [1.807, 2.05) is 21.3 Å². The summed E-state index contributed by atoms with van der Waals surface area (Å²) in [6, 6.07) is 0.0823. The van der Waals surface area contributed by atoms with Crippen molar-refractivity contribution in [2.75, 3.05) is 41.2 Å². The second-order valence-electron chi connectivity index (χ2n) is 12.2. The van der Waals surface area contributed by atoms with Gasteiger partial charge in [0.25, 0.3) is 0 Å². The maximum atomic E-state index is 13.0. The number of aliphatic hydroxyl groups is 1. The SMILES string of the molecule is CCN1C[C@]2(C)CC[C@H](OC)[C@@]34[C@@H]5C[C@@H]6C(OC)C[C@@]7(OCO[C@@]7(C[C@]23O)[C@@H]14)[C@H]5[C@H]6OC. The molecule has 2 heterocycles. The van der Waals surface area contributed by atoms with E-state index in [4.69, 9.17) is 23.7 Å². The molecule has 5 saturated carbocycles. The van der Waals surface area contributed by atoms with E-state index >= 15 is 0 Å². The standard InChI is InChI=1S/C25H39NO6/c1-6-26-12-21(2)8-7-17(29-4)25-15-9-14-16(28-3)10-22(18(15)19(14)30-5)23(20(25)26,32-13-31-22)11-24(21,25)27/h14-20,27H,6-13H2,1-5H3/t14-,15-,16?,17+,18-,19+,20-,21+,22-,23+,24+,25-/m1/s1. The molecule has 7 fully saturated rings. The first kappa shape index (κ1) is 21.0. The highest BCUT2D eigenvalue weighted by molar-refractivity contribution is 5.44. The first-order valence-electron chi connectivity index (χ1n) is 12.7. The van der Waals surface area contributed by atoms with Crippen LogP contribution in [0.2, 0.25) is 0 Å². The summed E-state index contributed by atoms with van der Waals surface area (Å²) in [6.45, 7) is 6.72. The van der Waals surface area contributed by atoms with Crippen LogP contribution in [0.25, 0.3) is 0 Å². The fraction of sp³-hybridized carbons (Fsp3) is 1.00. The van der Waals surface area contributed by atoms with Gasteiger partial charge in [0.05, 0.1) is 30.0 Å². The maximum Gasteiger partial charge on any atom is 0.148 e. The van der Waals surface area contributed by atoms with Crippen molar-refractivity contribution >= 4 is 0 Å². The van der Waals surface area contributed by atoms with Crippen LogP contribution in [-0.2, 0) is 23.7 Å². The lowest BCUT2D eigenvalue weighted by Crippen LogP contribution is -2.83. The van der Waals surface area contributed by atoms with Gasteiger partial charge in [0.1, 0.15) is 18.0 Å². The van der Waals surface area contributed by atoms with Crippen LogP contribution in [0.5, 0.6) is 0 Å². The minimum atomic E-state index is -0.847. The number of piperidine rings is 1. The Hall–Kier alpha value is -0.280. The Morgan fingerprint density at radius 2 is 1.88 bits per heavy atom. The highest BCUT2D eigenvalue weighted by Gasteiger charge is 2.94. The van der Waals surface area contributed by atoms with Gasteiger partial charge >= 0.3 is 0 Å². The van der Waals surface area contributed by atoms with Crippen molar-refractivity contribution in [3.8, 4) is 0 Å². The Balaban J connectivity index is 1.56. The van der Waals surface area contributed by atoms with E-state index in [1.54, 1.807) is 0 Å². The number of ether oxygens (including phenoxy) is 5. The predicted octanol–water partition coefficient (Wildman–Crippen LogP) is 1.81. The summed E-state index contributed by atoms with van der Waals surface area (Å²) in [4.78, 5) is 2.63. The van der Waals surface area contributed by atoms with Crippen molar-refractivity contribution in [1.82, 2.24) is 4.90 Å². The van der Waals surface area contributed by atoms with E-state index in [0.717, 1.165) is 38.8 Å². The molecule has 7 aliphatic rings. The van der Waals surface area contributed by atoms with Gasteiger partial charge in [-0.25, -0.2) is 0 Å². The molecule has 0 amide bonds. The molecular weight excluding hydrogens is 410 g/mol. The van der Waals surface area contributed by atoms with Gasteiger partial charge in [0, 0.05) is 63.4 Å². The van der Waals surface area contributed by atoms with E-state index < -0.39 is 16.8 Å². The van der Waals surface area contributed by atoms with E-state index in [-0.39, 0.29) is 53.8 Å². The molecule has 7 heteroatoms. The highest BCUT2D eigenvalue weighted by atomic mass is 16.7. The van der Waals surface area contributed by atoms with Gasteiger partial charge in [-0.3, -0.25) is 4.90 Å². The number of nitrogens with zero attached hydrogens (tertiary/aromatic N) is 1. The molecule has 12 atom stereocenters. The maximum absolute atomic E-state index is 13.0. The van der Waals surface area contributed by atoms with E-state index in [9.17, 15) is 5.11 Å². The number of hydrogen-bond donors (Lipinski definition) is 1. The molecule has 5 aliphatic carbocycles. The van der Waals surface area contributed by atoms with Gasteiger partial charge in [-0.2, -0.15) is 0 Å². The summed E-state index contributed by atoms with van der Waals surface area (Å²) < 4.78 is 32.3. The molecule has 180 valence electrons. The molecule has 1 unspecified atom stereocenters. The van der Waals surface area contributed by atoms with Crippen molar-refractivity contribution in [1.29, 1.82) is 0 Å². The fourth-order valence-corrected chi connectivity index (χ4v) is 11.3. The summed E-state index contributed by atoms with van der Waals surface area (Å²) in [5, 5.41) is 13.0. The number of likely N-dealkylation sites (N-methyl/N-ethyl adjacent to an activating group) is 1. The molecule has 7 bridgehead atoms. The summed E-state index contributed by atoms with van der Waals surface area (Å²) in [7, 11) is 5.52. The number of fused-ring (bicyclic) bond motifs is 1. The molecule has 2 saturated heterocycles. The van der Waals surface area contributed by atoms with Crippen LogP contribution in [0, 0.1) is 28.6 Å². The quantitative estimate of drug-likeness (QED) is 0.702. The van der Waals surface area contributed by atoms with Crippen LogP contribution >= 0.6 is 0 Å². The topological polar surface area (TPSA) is 69.6 Å². The molecule has 32 heavy (non-hydrogen) atoms. The van der Waals surface area contributed by atoms with Gasteiger partial charge in [0.15, 0.2) is 0 Å². The molecular formula is C25H39NO6. The second kappa shape index (κ2) is 6.10. The van der Waals surface area contributed by atoms with Crippen LogP contribution < -0.4 is 0 Å². The summed E-state index contributed by atoms with van der Waals surface area (Å²) >= 11 is 0. The average Bonchev–Trinajstić information content (AvgIpc) is 3.34.